The van der Waals surface area contributed by atoms with Crippen LogP contribution >= 0.6 is 15.9 Å². The number of halogens is 1. The Morgan fingerprint density at radius 1 is 1.28 bits per heavy atom. The number of ketones is 1. The summed E-state index contributed by atoms with van der Waals surface area (Å²) in [6.07, 6.45) is 3.85. The van der Waals surface area contributed by atoms with Gasteiger partial charge in [-0.25, -0.2) is 9.97 Å². The minimum atomic E-state index is -0.0341. The molecule has 5 nitrogen and oxygen atoms in total. The van der Waals surface area contributed by atoms with Crippen molar-refractivity contribution in [3.05, 3.63) is 52.0 Å². The molecule has 2 aromatic heterocycles. The van der Waals surface area contributed by atoms with E-state index in [1.165, 1.54) is 19.2 Å². The van der Waals surface area contributed by atoms with E-state index in [4.69, 9.17) is 4.74 Å². The SMILES string of the molecule is Cc1cc(C(=O)COc2ncnc3ccc(Br)cc23)c(C)n1C1CC1. The van der Waals surface area contributed by atoms with Gasteiger partial charge in [0.15, 0.2) is 6.61 Å². The van der Waals surface area contributed by atoms with Gasteiger partial charge in [-0.3, -0.25) is 4.79 Å². The maximum Gasteiger partial charge on any atom is 0.224 e. The van der Waals surface area contributed by atoms with E-state index < -0.39 is 0 Å². The smallest absolute Gasteiger partial charge is 0.224 e. The highest BCUT2D eigenvalue weighted by Gasteiger charge is 2.28. The minimum absolute atomic E-state index is 0.0261. The second-order valence-corrected chi connectivity index (χ2v) is 7.35. The lowest BCUT2D eigenvalue weighted by molar-refractivity contribution is 0.0918. The summed E-state index contributed by atoms with van der Waals surface area (Å²) in [6.45, 7) is 4.03. The molecular formula is C19H18BrN3O2. The van der Waals surface area contributed by atoms with Gasteiger partial charge >= 0.3 is 0 Å². The largest absolute Gasteiger partial charge is 0.469 e. The second-order valence-electron chi connectivity index (χ2n) is 6.44. The van der Waals surface area contributed by atoms with Crippen LogP contribution in [0, 0.1) is 13.8 Å². The van der Waals surface area contributed by atoms with Crippen molar-refractivity contribution in [2.45, 2.75) is 32.7 Å². The molecule has 0 atom stereocenters. The fourth-order valence-electron chi connectivity index (χ4n) is 3.29. The quantitative estimate of drug-likeness (QED) is 0.596. The molecular weight excluding hydrogens is 382 g/mol. The molecule has 1 fully saturated rings. The molecule has 0 aliphatic heterocycles. The van der Waals surface area contributed by atoms with Crippen molar-refractivity contribution in [3.63, 3.8) is 0 Å². The number of hydrogen-bond acceptors (Lipinski definition) is 4. The summed E-state index contributed by atoms with van der Waals surface area (Å²) in [5, 5.41) is 0.785. The summed E-state index contributed by atoms with van der Waals surface area (Å²) in [5.74, 6) is 0.400. The maximum absolute atomic E-state index is 12.7. The van der Waals surface area contributed by atoms with E-state index in [-0.39, 0.29) is 12.4 Å². The minimum Gasteiger partial charge on any atom is -0.469 e. The molecule has 1 aliphatic rings. The number of nitrogens with zero attached hydrogens (tertiary/aromatic N) is 3. The highest BCUT2D eigenvalue weighted by atomic mass is 79.9. The van der Waals surface area contributed by atoms with Crippen LogP contribution in [-0.2, 0) is 0 Å². The van der Waals surface area contributed by atoms with Crippen molar-refractivity contribution in [2.75, 3.05) is 6.61 Å². The van der Waals surface area contributed by atoms with Gasteiger partial charge in [0.25, 0.3) is 0 Å². The van der Waals surface area contributed by atoms with Gasteiger partial charge < -0.3 is 9.30 Å². The van der Waals surface area contributed by atoms with Crippen LogP contribution in [0.3, 0.4) is 0 Å². The Hall–Kier alpha value is -2.21. The summed E-state index contributed by atoms with van der Waals surface area (Å²) < 4.78 is 8.92. The Bertz CT molecular complexity index is 976. The average molecular weight is 400 g/mol. The Labute approximate surface area is 154 Å². The molecule has 1 saturated carbocycles. The van der Waals surface area contributed by atoms with Gasteiger partial charge in [-0.15, -0.1) is 0 Å². The van der Waals surface area contributed by atoms with Crippen LogP contribution in [0.15, 0.2) is 35.1 Å². The number of hydrogen-bond donors (Lipinski definition) is 0. The molecule has 0 radical (unpaired) electrons. The molecule has 128 valence electrons. The summed E-state index contributed by atoms with van der Waals surface area (Å²) in [4.78, 5) is 21.1. The third-order valence-corrected chi connectivity index (χ3v) is 5.09. The van der Waals surface area contributed by atoms with Crippen molar-refractivity contribution < 1.29 is 9.53 Å². The van der Waals surface area contributed by atoms with Crippen LogP contribution in [0.2, 0.25) is 0 Å². The van der Waals surface area contributed by atoms with Crippen LogP contribution in [0.4, 0.5) is 0 Å². The third kappa shape index (κ3) is 3.06. The van der Waals surface area contributed by atoms with E-state index in [1.807, 2.05) is 31.2 Å². The molecule has 4 rings (SSSR count). The average Bonchev–Trinajstić information content (AvgIpc) is 3.38. The summed E-state index contributed by atoms with van der Waals surface area (Å²) in [6, 6.07) is 8.23. The molecule has 2 heterocycles. The zero-order valence-electron chi connectivity index (χ0n) is 14.1. The number of aromatic nitrogens is 3. The molecule has 0 N–H and O–H groups in total. The number of aryl methyl sites for hydroxylation is 1. The van der Waals surface area contributed by atoms with Crippen molar-refractivity contribution in [1.29, 1.82) is 0 Å². The number of carbonyl (C=O) groups excluding carboxylic acids is 1. The van der Waals surface area contributed by atoms with E-state index >= 15 is 0 Å². The first-order valence-corrected chi connectivity index (χ1v) is 9.08. The van der Waals surface area contributed by atoms with E-state index in [1.54, 1.807) is 0 Å². The second kappa shape index (κ2) is 6.26. The Balaban J connectivity index is 1.57. The Kier molecular flexibility index (Phi) is 4.07. The van der Waals surface area contributed by atoms with Gasteiger partial charge in [0.05, 0.1) is 10.9 Å². The van der Waals surface area contributed by atoms with Crippen molar-refractivity contribution in [3.8, 4) is 5.88 Å². The molecule has 3 aromatic rings. The lowest BCUT2D eigenvalue weighted by Crippen LogP contribution is -2.13. The van der Waals surface area contributed by atoms with Gasteiger partial charge in [0.1, 0.15) is 6.33 Å². The van der Waals surface area contributed by atoms with Crippen LogP contribution in [0.25, 0.3) is 10.9 Å². The van der Waals surface area contributed by atoms with Gasteiger partial charge in [0.2, 0.25) is 11.7 Å². The molecule has 25 heavy (non-hydrogen) atoms. The van der Waals surface area contributed by atoms with Crippen LogP contribution < -0.4 is 4.74 Å². The molecule has 0 amide bonds. The fraction of sp³-hybridized carbons (Fsp3) is 0.316. The number of rotatable bonds is 5. The normalized spacial score (nSPS) is 14.0. The molecule has 0 unspecified atom stereocenters. The molecule has 1 aliphatic carbocycles. The standard InChI is InChI=1S/C19H18BrN3O2/c1-11-7-15(12(2)23(11)14-4-5-14)18(24)9-25-19-16-8-13(20)3-6-17(16)21-10-22-19/h3,6-8,10,14H,4-5,9H2,1-2H3. The molecule has 0 saturated heterocycles. The first-order chi connectivity index (χ1) is 12.0. The van der Waals surface area contributed by atoms with Gasteiger partial charge in [0, 0.05) is 27.5 Å². The maximum atomic E-state index is 12.7. The number of Topliss-reactive ketones (excluding diaryl/α,β-unsaturated/α-hetero) is 1. The number of ether oxygens (including phenoxy) is 1. The Morgan fingerprint density at radius 3 is 2.84 bits per heavy atom. The lowest BCUT2D eigenvalue weighted by atomic mass is 10.1. The zero-order valence-corrected chi connectivity index (χ0v) is 15.7. The van der Waals surface area contributed by atoms with Crippen LogP contribution in [-0.4, -0.2) is 26.9 Å². The monoisotopic (exact) mass is 399 g/mol. The third-order valence-electron chi connectivity index (χ3n) is 4.60. The summed E-state index contributed by atoms with van der Waals surface area (Å²) in [5.41, 5.74) is 3.69. The number of carbonyl (C=O) groups is 1. The summed E-state index contributed by atoms with van der Waals surface area (Å²) >= 11 is 3.44. The molecule has 0 bridgehead atoms. The molecule has 1 aromatic carbocycles. The zero-order chi connectivity index (χ0) is 17.6. The van der Waals surface area contributed by atoms with Gasteiger partial charge in [-0.1, -0.05) is 15.9 Å². The summed E-state index contributed by atoms with van der Waals surface area (Å²) in [7, 11) is 0. The van der Waals surface area contributed by atoms with Crippen molar-refractivity contribution >= 4 is 32.6 Å². The highest BCUT2D eigenvalue weighted by molar-refractivity contribution is 9.10. The Morgan fingerprint density at radius 2 is 2.08 bits per heavy atom. The molecule has 0 spiro atoms. The van der Waals surface area contributed by atoms with Gasteiger partial charge in [-0.05, 0) is 51.0 Å². The van der Waals surface area contributed by atoms with E-state index in [9.17, 15) is 4.79 Å². The van der Waals surface area contributed by atoms with E-state index in [2.05, 4.69) is 37.4 Å². The predicted octanol–water partition coefficient (Wildman–Crippen LogP) is 4.41. The predicted molar refractivity (Wildman–Crippen MR) is 99.2 cm³/mol. The molecule has 6 heteroatoms. The topological polar surface area (TPSA) is 57.0 Å². The first-order valence-electron chi connectivity index (χ1n) is 8.29. The number of benzene rings is 1. The van der Waals surface area contributed by atoms with Crippen LogP contribution in [0.1, 0.15) is 40.6 Å². The number of fused-ring (bicyclic) bond motifs is 1. The highest BCUT2D eigenvalue weighted by Crippen LogP contribution is 2.38. The van der Waals surface area contributed by atoms with Gasteiger partial charge in [-0.2, -0.15) is 0 Å². The van der Waals surface area contributed by atoms with E-state index in [0.717, 1.165) is 32.3 Å². The van der Waals surface area contributed by atoms with Crippen LogP contribution in [0.5, 0.6) is 5.88 Å². The fourth-order valence-corrected chi connectivity index (χ4v) is 3.65. The lowest BCUT2D eigenvalue weighted by Gasteiger charge is -2.09. The van der Waals surface area contributed by atoms with Crippen molar-refractivity contribution in [1.82, 2.24) is 14.5 Å². The van der Waals surface area contributed by atoms with Crippen molar-refractivity contribution in [2.24, 2.45) is 0 Å². The van der Waals surface area contributed by atoms with E-state index in [0.29, 0.717) is 11.9 Å². The first kappa shape index (κ1) is 16.3.